The number of aryl methyl sites for hydroxylation is 2. The molecule has 3 aromatic rings. The number of halogens is 1. The number of hydrogen-bond acceptors (Lipinski definition) is 4. The summed E-state index contributed by atoms with van der Waals surface area (Å²) in [5.41, 5.74) is 4.35. The average molecular weight is 433 g/mol. The van der Waals surface area contributed by atoms with Crippen LogP contribution < -0.4 is 15.0 Å². The Morgan fingerprint density at radius 3 is 2.23 bits per heavy atom. The fraction of sp³-hybridized carbons (Fsp3) is 0.120. The lowest BCUT2D eigenvalue weighted by Crippen LogP contribution is -2.32. The lowest BCUT2D eigenvalue weighted by molar-refractivity contribution is -0.120. The van der Waals surface area contributed by atoms with Crippen molar-refractivity contribution in [1.29, 1.82) is 0 Å². The number of amides is 2. The van der Waals surface area contributed by atoms with Crippen molar-refractivity contribution in [3.63, 3.8) is 0 Å². The molecular weight excluding hydrogens is 412 g/mol. The fourth-order valence-corrected chi connectivity index (χ4v) is 3.70. The fourth-order valence-electron chi connectivity index (χ4n) is 3.48. The van der Waals surface area contributed by atoms with Gasteiger partial charge in [0.25, 0.3) is 11.8 Å². The van der Waals surface area contributed by atoms with E-state index in [0.717, 1.165) is 16.0 Å². The van der Waals surface area contributed by atoms with Gasteiger partial charge in [-0.15, -0.1) is 0 Å². The molecule has 0 atom stereocenters. The number of ether oxygens (including phenoxy) is 1. The highest BCUT2D eigenvalue weighted by atomic mass is 35.5. The summed E-state index contributed by atoms with van der Waals surface area (Å²) >= 11 is 6.32. The number of rotatable bonds is 5. The average Bonchev–Trinajstić information content (AvgIpc) is 3.00. The first kappa shape index (κ1) is 20.7. The van der Waals surface area contributed by atoms with Crippen LogP contribution in [0.2, 0.25) is 5.02 Å². The second kappa shape index (κ2) is 8.28. The van der Waals surface area contributed by atoms with Crippen LogP contribution in [-0.4, -0.2) is 18.9 Å². The minimum atomic E-state index is -0.456. The third-order valence-corrected chi connectivity index (χ3v) is 5.65. The monoisotopic (exact) mass is 432 g/mol. The van der Waals surface area contributed by atoms with Gasteiger partial charge < -0.3 is 10.1 Å². The smallest absolute Gasteiger partial charge is 0.282 e. The second-order valence-electron chi connectivity index (χ2n) is 7.30. The van der Waals surface area contributed by atoms with Gasteiger partial charge in [-0.3, -0.25) is 9.59 Å². The van der Waals surface area contributed by atoms with Crippen LogP contribution >= 0.6 is 11.6 Å². The van der Waals surface area contributed by atoms with Crippen molar-refractivity contribution in [3.8, 4) is 5.75 Å². The maximum Gasteiger partial charge on any atom is 0.282 e. The van der Waals surface area contributed by atoms with E-state index in [9.17, 15) is 9.59 Å². The molecule has 0 radical (unpaired) electrons. The van der Waals surface area contributed by atoms with Crippen molar-refractivity contribution in [1.82, 2.24) is 0 Å². The summed E-state index contributed by atoms with van der Waals surface area (Å²) in [6, 6.07) is 19.7. The Bertz CT molecular complexity index is 1220. The first-order chi connectivity index (χ1) is 14.9. The molecule has 0 spiro atoms. The van der Waals surface area contributed by atoms with Crippen LogP contribution in [-0.2, 0) is 9.59 Å². The Hall–Kier alpha value is -3.57. The predicted molar refractivity (Wildman–Crippen MR) is 123 cm³/mol. The van der Waals surface area contributed by atoms with Crippen LogP contribution in [0.15, 0.2) is 72.4 Å². The summed E-state index contributed by atoms with van der Waals surface area (Å²) in [5.74, 6) is -0.181. The van der Waals surface area contributed by atoms with E-state index in [1.807, 2.05) is 32.0 Å². The van der Waals surface area contributed by atoms with E-state index in [4.69, 9.17) is 16.3 Å². The van der Waals surface area contributed by atoms with Gasteiger partial charge in [-0.25, -0.2) is 4.90 Å². The van der Waals surface area contributed by atoms with Gasteiger partial charge in [-0.05, 0) is 66.9 Å². The number of carbonyl (C=O) groups excluding carboxylic acids is 2. The highest BCUT2D eigenvalue weighted by Crippen LogP contribution is 2.37. The molecule has 3 aromatic carbocycles. The standard InChI is InChI=1S/C25H21ClN2O3/c1-15-8-9-17(14-16(15)2)22-23(27-18-10-12-19(31-3)13-11-18)25(30)28(24(22)29)21-7-5-4-6-20(21)26/h4-14,27H,1-3H3. The highest BCUT2D eigenvalue weighted by Gasteiger charge is 2.41. The Labute approximate surface area is 185 Å². The normalized spacial score (nSPS) is 13.7. The zero-order chi connectivity index (χ0) is 22.1. The molecule has 31 heavy (non-hydrogen) atoms. The summed E-state index contributed by atoms with van der Waals surface area (Å²) in [4.78, 5) is 28.1. The lowest BCUT2D eigenvalue weighted by Gasteiger charge is -2.16. The number of nitrogens with one attached hydrogen (secondary N) is 1. The number of carbonyl (C=O) groups is 2. The maximum atomic E-state index is 13.5. The van der Waals surface area contributed by atoms with Crippen molar-refractivity contribution in [3.05, 3.63) is 94.1 Å². The molecule has 0 saturated heterocycles. The van der Waals surface area contributed by atoms with Gasteiger partial charge in [-0.1, -0.05) is 41.9 Å². The third-order valence-electron chi connectivity index (χ3n) is 5.33. The van der Waals surface area contributed by atoms with E-state index in [1.165, 1.54) is 0 Å². The Balaban J connectivity index is 1.83. The lowest BCUT2D eigenvalue weighted by atomic mass is 9.99. The molecule has 0 aromatic heterocycles. The molecule has 1 heterocycles. The van der Waals surface area contributed by atoms with Crippen molar-refractivity contribution >= 4 is 40.4 Å². The molecule has 0 fully saturated rings. The minimum Gasteiger partial charge on any atom is -0.497 e. The summed E-state index contributed by atoms with van der Waals surface area (Å²) in [6.07, 6.45) is 0. The van der Waals surface area contributed by atoms with Crippen LogP contribution in [0, 0.1) is 13.8 Å². The summed E-state index contributed by atoms with van der Waals surface area (Å²) in [5, 5.41) is 3.47. The SMILES string of the molecule is COc1ccc(NC2=C(c3ccc(C)c(C)c3)C(=O)N(c3ccccc3Cl)C2=O)cc1. The van der Waals surface area contributed by atoms with Gasteiger partial charge in [0.1, 0.15) is 11.4 Å². The van der Waals surface area contributed by atoms with E-state index in [0.29, 0.717) is 33.3 Å². The van der Waals surface area contributed by atoms with Crippen LogP contribution in [0.25, 0.3) is 5.57 Å². The number of para-hydroxylation sites is 1. The third kappa shape index (κ3) is 3.80. The molecule has 1 N–H and O–H groups in total. The Morgan fingerprint density at radius 1 is 0.871 bits per heavy atom. The molecule has 1 aliphatic heterocycles. The van der Waals surface area contributed by atoms with Gasteiger partial charge in [0.05, 0.1) is 23.4 Å². The van der Waals surface area contributed by atoms with Crippen molar-refractivity contribution in [2.24, 2.45) is 0 Å². The molecule has 4 rings (SSSR count). The number of anilines is 2. The zero-order valence-corrected chi connectivity index (χ0v) is 18.2. The molecule has 2 amide bonds. The Morgan fingerprint density at radius 2 is 1.58 bits per heavy atom. The van der Waals surface area contributed by atoms with Crippen LogP contribution in [0.5, 0.6) is 5.75 Å². The topological polar surface area (TPSA) is 58.6 Å². The molecule has 0 bridgehead atoms. The number of benzene rings is 3. The first-order valence-corrected chi connectivity index (χ1v) is 10.1. The van der Waals surface area contributed by atoms with Crippen LogP contribution in [0.4, 0.5) is 11.4 Å². The van der Waals surface area contributed by atoms with Crippen LogP contribution in [0.1, 0.15) is 16.7 Å². The summed E-state index contributed by atoms with van der Waals surface area (Å²) in [6.45, 7) is 3.98. The summed E-state index contributed by atoms with van der Waals surface area (Å²) in [7, 11) is 1.59. The van der Waals surface area contributed by atoms with Crippen LogP contribution in [0.3, 0.4) is 0 Å². The zero-order valence-electron chi connectivity index (χ0n) is 17.4. The van der Waals surface area contributed by atoms with E-state index in [1.54, 1.807) is 55.6 Å². The summed E-state index contributed by atoms with van der Waals surface area (Å²) < 4.78 is 5.20. The highest BCUT2D eigenvalue weighted by molar-refractivity contribution is 6.48. The largest absolute Gasteiger partial charge is 0.497 e. The number of imide groups is 1. The quantitative estimate of drug-likeness (QED) is 0.551. The molecular formula is C25H21ClN2O3. The van der Waals surface area contributed by atoms with Gasteiger partial charge in [0.15, 0.2) is 0 Å². The van der Waals surface area contributed by atoms with Gasteiger partial charge >= 0.3 is 0 Å². The Kier molecular flexibility index (Phi) is 5.53. The number of nitrogens with zero attached hydrogens (tertiary/aromatic N) is 1. The minimum absolute atomic E-state index is 0.207. The maximum absolute atomic E-state index is 13.5. The van der Waals surface area contributed by atoms with Gasteiger partial charge in [0, 0.05) is 5.69 Å². The van der Waals surface area contributed by atoms with E-state index in [-0.39, 0.29) is 5.70 Å². The second-order valence-corrected chi connectivity index (χ2v) is 7.71. The molecule has 156 valence electrons. The molecule has 0 aliphatic carbocycles. The van der Waals surface area contributed by atoms with E-state index in [2.05, 4.69) is 5.32 Å². The number of hydrogen-bond donors (Lipinski definition) is 1. The van der Waals surface area contributed by atoms with E-state index < -0.39 is 11.8 Å². The van der Waals surface area contributed by atoms with Gasteiger partial charge in [0.2, 0.25) is 0 Å². The molecule has 0 saturated carbocycles. The molecule has 0 unspecified atom stereocenters. The molecule has 1 aliphatic rings. The first-order valence-electron chi connectivity index (χ1n) is 9.77. The van der Waals surface area contributed by atoms with Crippen molar-refractivity contribution < 1.29 is 14.3 Å². The van der Waals surface area contributed by atoms with Crippen molar-refractivity contribution in [2.45, 2.75) is 13.8 Å². The van der Waals surface area contributed by atoms with Crippen molar-refractivity contribution in [2.75, 3.05) is 17.3 Å². The molecule has 5 nitrogen and oxygen atoms in total. The predicted octanol–water partition coefficient (Wildman–Crippen LogP) is 5.36. The number of methoxy groups -OCH3 is 1. The molecule has 6 heteroatoms. The van der Waals surface area contributed by atoms with E-state index >= 15 is 0 Å². The van der Waals surface area contributed by atoms with Gasteiger partial charge in [-0.2, -0.15) is 0 Å².